The molecule has 1 aromatic heterocycles. The largest absolute Gasteiger partial charge is 0.462 e. The molecule has 2 aromatic carbocycles. The third-order valence-electron chi connectivity index (χ3n) is 4.20. The van der Waals surface area contributed by atoms with E-state index >= 15 is 0 Å². The van der Waals surface area contributed by atoms with Crippen molar-refractivity contribution in [2.45, 2.75) is 19.8 Å². The summed E-state index contributed by atoms with van der Waals surface area (Å²) < 4.78 is 5.14. The van der Waals surface area contributed by atoms with Crippen molar-refractivity contribution in [1.29, 1.82) is 0 Å². The highest BCUT2D eigenvalue weighted by Gasteiger charge is 2.13. The first-order valence-electron chi connectivity index (χ1n) is 9.31. The predicted octanol–water partition coefficient (Wildman–Crippen LogP) is 3.65. The lowest BCUT2D eigenvalue weighted by Gasteiger charge is -2.07. The Bertz CT molecular complexity index is 1040. The number of benzene rings is 2. The summed E-state index contributed by atoms with van der Waals surface area (Å²) in [6.07, 6.45) is 3.00. The Kier molecular flexibility index (Phi) is 6.52. The van der Waals surface area contributed by atoms with E-state index in [1.54, 1.807) is 24.3 Å². The predicted molar refractivity (Wildman–Crippen MR) is 110 cm³/mol. The van der Waals surface area contributed by atoms with E-state index in [1.807, 2.05) is 37.3 Å². The molecule has 0 saturated carbocycles. The van der Waals surface area contributed by atoms with E-state index < -0.39 is 17.4 Å². The van der Waals surface area contributed by atoms with Crippen molar-refractivity contribution in [3.63, 3.8) is 0 Å². The fourth-order valence-corrected chi connectivity index (χ4v) is 2.58. The molecule has 0 unspecified atom stereocenters. The third kappa shape index (κ3) is 5.16. The monoisotopic (exact) mass is 391 g/mol. The molecule has 7 nitrogen and oxygen atoms in total. The summed E-state index contributed by atoms with van der Waals surface area (Å²) in [7, 11) is 0. The van der Waals surface area contributed by atoms with Crippen molar-refractivity contribution in [3.8, 4) is 11.4 Å². The first-order chi connectivity index (χ1) is 14.1. The van der Waals surface area contributed by atoms with Gasteiger partial charge in [0.1, 0.15) is 11.4 Å². The number of rotatable bonds is 7. The fourth-order valence-electron chi connectivity index (χ4n) is 2.58. The van der Waals surface area contributed by atoms with Gasteiger partial charge >= 0.3 is 5.97 Å². The number of hydrogen-bond donors (Lipinski definition) is 2. The van der Waals surface area contributed by atoms with Gasteiger partial charge in [0.2, 0.25) is 0 Å². The molecule has 1 heterocycles. The topological polar surface area (TPSA) is 101 Å². The molecular weight excluding hydrogens is 370 g/mol. The Morgan fingerprint density at radius 1 is 1.07 bits per heavy atom. The van der Waals surface area contributed by atoms with Gasteiger partial charge in [0.15, 0.2) is 0 Å². The van der Waals surface area contributed by atoms with Crippen LogP contribution in [0.25, 0.3) is 11.4 Å². The number of amides is 1. The standard InChI is InChI=1S/C22H21N3O4/c1-2-3-13-29-22(28)16-9-11-17(12-10-16)24-20(26)18-14-23-19(25-21(18)27)15-7-5-4-6-8-15/h4-12,14H,2-3,13H2,1H3,(H,24,26)(H,23,25,27). The van der Waals surface area contributed by atoms with Gasteiger partial charge in [0.05, 0.1) is 12.2 Å². The Labute approximate surface area is 167 Å². The van der Waals surface area contributed by atoms with Crippen molar-refractivity contribution in [2.24, 2.45) is 0 Å². The number of carbonyl (C=O) groups excluding carboxylic acids is 2. The normalized spacial score (nSPS) is 10.4. The van der Waals surface area contributed by atoms with Crippen molar-refractivity contribution in [3.05, 3.63) is 82.3 Å². The van der Waals surface area contributed by atoms with Gasteiger partial charge in [0, 0.05) is 17.4 Å². The number of hydrogen-bond acceptors (Lipinski definition) is 5. The van der Waals surface area contributed by atoms with Crippen molar-refractivity contribution >= 4 is 17.6 Å². The van der Waals surface area contributed by atoms with Gasteiger partial charge in [0.25, 0.3) is 11.5 Å². The van der Waals surface area contributed by atoms with Gasteiger partial charge in [-0.2, -0.15) is 0 Å². The van der Waals surface area contributed by atoms with Crippen LogP contribution < -0.4 is 10.9 Å². The average Bonchev–Trinajstić information content (AvgIpc) is 2.75. The molecule has 0 radical (unpaired) electrons. The average molecular weight is 391 g/mol. The van der Waals surface area contributed by atoms with E-state index in [-0.39, 0.29) is 5.56 Å². The van der Waals surface area contributed by atoms with Crippen molar-refractivity contribution in [1.82, 2.24) is 9.97 Å². The molecule has 3 rings (SSSR count). The molecule has 0 bridgehead atoms. The van der Waals surface area contributed by atoms with Crippen LogP contribution in [0.4, 0.5) is 5.69 Å². The summed E-state index contributed by atoms with van der Waals surface area (Å²) in [5.74, 6) is -0.608. The Hall–Kier alpha value is -3.74. The summed E-state index contributed by atoms with van der Waals surface area (Å²) in [6.45, 7) is 2.39. The zero-order valence-electron chi connectivity index (χ0n) is 16.0. The number of aromatic nitrogens is 2. The molecule has 0 atom stereocenters. The van der Waals surface area contributed by atoms with E-state index in [9.17, 15) is 14.4 Å². The smallest absolute Gasteiger partial charge is 0.338 e. The lowest BCUT2D eigenvalue weighted by Crippen LogP contribution is -2.24. The Balaban J connectivity index is 1.67. The summed E-state index contributed by atoms with van der Waals surface area (Å²) in [4.78, 5) is 43.4. The maximum absolute atomic E-state index is 12.4. The van der Waals surface area contributed by atoms with Crippen molar-refractivity contribution in [2.75, 3.05) is 11.9 Å². The lowest BCUT2D eigenvalue weighted by molar-refractivity contribution is 0.0499. The molecule has 0 fully saturated rings. The van der Waals surface area contributed by atoms with Gasteiger partial charge in [-0.1, -0.05) is 43.7 Å². The molecule has 148 valence electrons. The minimum Gasteiger partial charge on any atom is -0.462 e. The van der Waals surface area contributed by atoms with E-state index in [0.29, 0.717) is 23.7 Å². The zero-order chi connectivity index (χ0) is 20.6. The number of nitrogens with zero attached hydrogens (tertiary/aromatic N) is 1. The second-order valence-electron chi connectivity index (χ2n) is 6.36. The molecular formula is C22H21N3O4. The maximum atomic E-state index is 12.4. The molecule has 3 aromatic rings. The first kappa shape index (κ1) is 20.0. The fraction of sp³-hybridized carbons (Fsp3) is 0.182. The first-order valence-corrected chi connectivity index (χ1v) is 9.31. The number of H-pyrrole nitrogens is 1. The summed E-state index contributed by atoms with van der Waals surface area (Å²) >= 11 is 0. The Morgan fingerprint density at radius 2 is 1.79 bits per heavy atom. The molecule has 0 aliphatic carbocycles. The maximum Gasteiger partial charge on any atom is 0.338 e. The number of esters is 1. The highest BCUT2D eigenvalue weighted by Crippen LogP contribution is 2.14. The molecule has 0 saturated heterocycles. The quantitative estimate of drug-likeness (QED) is 0.473. The van der Waals surface area contributed by atoms with Crippen LogP contribution in [0, 0.1) is 0 Å². The van der Waals surface area contributed by atoms with Gasteiger partial charge in [-0.3, -0.25) is 9.59 Å². The molecule has 1 amide bonds. The SMILES string of the molecule is CCCCOC(=O)c1ccc(NC(=O)c2cnc(-c3ccccc3)[nH]c2=O)cc1. The van der Waals surface area contributed by atoms with Crippen LogP contribution in [-0.4, -0.2) is 28.5 Å². The molecule has 0 aliphatic rings. The number of anilines is 1. The minimum absolute atomic E-state index is 0.104. The summed E-state index contributed by atoms with van der Waals surface area (Å²) in [5, 5.41) is 2.63. The molecule has 0 spiro atoms. The number of carbonyl (C=O) groups is 2. The van der Waals surface area contributed by atoms with Crippen LogP contribution in [0.15, 0.2) is 65.6 Å². The number of unbranched alkanes of at least 4 members (excludes halogenated alkanes) is 1. The van der Waals surface area contributed by atoms with Crippen LogP contribution in [0.3, 0.4) is 0 Å². The lowest BCUT2D eigenvalue weighted by atomic mass is 10.2. The van der Waals surface area contributed by atoms with Gasteiger partial charge in [-0.05, 0) is 30.7 Å². The van der Waals surface area contributed by atoms with Crippen LogP contribution in [0.5, 0.6) is 0 Å². The Morgan fingerprint density at radius 3 is 2.45 bits per heavy atom. The number of nitrogens with one attached hydrogen (secondary N) is 2. The molecule has 2 N–H and O–H groups in total. The number of aromatic amines is 1. The van der Waals surface area contributed by atoms with Gasteiger partial charge in [-0.25, -0.2) is 9.78 Å². The summed E-state index contributed by atoms with van der Waals surface area (Å²) in [5.41, 5.74) is 0.954. The van der Waals surface area contributed by atoms with Crippen LogP contribution in [-0.2, 0) is 4.74 Å². The van der Waals surface area contributed by atoms with Crippen molar-refractivity contribution < 1.29 is 14.3 Å². The van der Waals surface area contributed by atoms with E-state index in [4.69, 9.17) is 4.74 Å². The number of ether oxygens (including phenoxy) is 1. The highest BCUT2D eigenvalue weighted by molar-refractivity contribution is 6.04. The molecule has 29 heavy (non-hydrogen) atoms. The third-order valence-corrected chi connectivity index (χ3v) is 4.20. The van der Waals surface area contributed by atoms with Gasteiger partial charge < -0.3 is 15.0 Å². The molecule has 0 aliphatic heterocycles. The minimum atomic E-state index is -0.586. The highest BCUT2D eigenvalue weighted by atomic mass is 16.5. The van der Waals surface area contributed by atoms with Crippen LogP contribution in [0.1, 0.15) is 40.5 Å². The molecule has 7 heteroatoms. The second kappa shape index (κ2) is 9.45. The second-order valence-corrected chi connectivity index (χ2v) is 6.36. The van der Waals surface area contributed by atoms with Crippen LogP contribution >= 0.6 is 0 Å². The zero-order valence-corrected chi connectivity index (χ0v) is 16.0. The summed E-state index contributed by atoms with van der Waals surface area (Å²) in [6, 6.07) is 15.4. The van der Waals surface area contributed by atoms with Crippen LogP contribution in [0.2, 0.25) is 0 Å². The van der Waals surface area contributed by atoms with E-state index in [2.05, 4.69) is 15.3 Å². The van der Waals surface area contributed by atoms with E-state index in [0.717, 1.165) is 18.4 Å². The van der Waals surface area contributed by atoms with E-state index in [1.165, 1.54) is 6.20 Å². The van der Waals surface area contributed by atoms with Gasteiger partial charge in [-0.15, -0.1) is 0 Å².